The van der Waals surface area contributed by atoms with E-state index in [0.717, 1.165) is 5.69 Å². The van der Waals surface area contributed by atoms with Crippen molar-refractivity contribution >= 4 is 24.1 Å². The molecule has 3 aromatic rings. The van der Waals surface area contributed by atoms with Crippen molar-refractivity contribution in [3.8, 4) is 0 Å². The molecule has 36 heavy (non-hydrogen) atoms. The third-order valence-electron chi connectivity index (χ3n) is 7.78. The zero-order valence-electron chi connectivity index (χ0n) is 20.7. The number of fused-ring (bicyclic) bond motifs is 4. The Morgan fingerprint density at radius 2 is 1.67 bits per heavy atom. The summed E-state index contributed by atoms with van der Waals surface area (Å²) >= 11 is 0. The molecule has 0 spiro atoms. The summed E-state index contributed by atoms with van der Waals surface area (Å²) in [7, 11) is 0. The molecule has 0 aromatic heterocycles. The van der Waals surface area contributed by atoms with Crippen molar-refractivity contribution in [1.29, 1.82) is 0 Å². The summed E-state index contributed by atoms with van der Waals surface area (Å²) in [6.45, 7) is 12.1. The number of nitrogens with zero attached hydrogens (tertiary/aromatic N) is 3. The van der Waals surface area contributed by atoms with Gasteiger partial charge < -0.3 is 10.2 Å². The van der Waals surface area contributed by atoms with Crippen LogP contribution < -0.4 is 10.2 Å². The Balaban J connectivity index is 1.58. The van der Waals surface area contributed by atoms with Crippen molar-refractivity contribution in [2.45, 2.75) is 37.3 Å². The van der Waals surface area contributed by atoms with Crippen LogP contribution in [-0.2, 0) is 5.41 Å². The van der Waals surface area contributed by atoms with Crippen molar-refractivity contribution in [1.82, 2.24) is 0 Å². The molecule has 0 saturated heterocycles. The second-order valence-corrected chi connectivity index (χ2v) is 9.97. The first-order chi connectivity index (χ1) is 17.5. The lowest BCUT2D eigenvalue weighted by atomic mass is 9.70. The summed E-state index contributed by atoms with van der Waals surface area (Å²) in [4.78, 5) is 11.2. The first-order valence-corrected chi connectivity index (χ1v) is 12.4. The molecular weight excluding hydrogens is 440 g/mol. The summed E-state index contributed by atoms with van der Waals surface area (Å²) in [5.41, 5.74) is 7.85. The van der Waals surface area contributed by atoms with Crippen LogP contribution in [0.1, 0.15) is 48.1 Å². The Kier molecular flexibility index (Phi) is 5.26. The van der Waals surface area contributed by atoms with E-state index >= 15 is 0 Å². The number of benzene rings is 3. The first-order valence-electron chi connectivity index (χ1n) is 12.4. The lowest BCUT2D eigenvalue weighted by molar-refractivity contribution is 0.514. The molecule has 2 heterocycles. The van der Waals surface area contributed by atoms with Crippen molar-refractivity contribution in [2.75, 3.05) is 10.2 Å². The van der Waals surface area contributed by atoms with Crippen molar-refractivity contribution in [3.05, 3.63) is 132 Å². The smallest absolute Gasteiger partial charge is 0.230 e. The maximum absolute atomic E-state index is 4.66. The monoisotopic (exact) mass is 470 g/mol. The highest BCUT2D eigenvalue weighted by atomic mass is 15.3. The van der Waals surface area contributed by atoms with Crippen LogP contribution in [0.15, 0.2) is 119 Å². The highest BCUT2D eigenvalue weighted by molar-refractivity contribution is 6.03. The van der Waals surface area contributed by atoms with Gasteiger partial charge in [0.1, 0.15) is 0 Å². The summed E-state index contributed by atoms with van der Waals surface area (Å²) in [5.74, 6) is 0.802. The molecule has 6 rings (SSSR count). The molecule has 3 aromatic carbocycles. The van der Waals surface area contributed by atoms with Gasteiger partial charge in [-0.15, -0.1) is 0 Å². The van der Waals surface area contributed by atoms with Gasteiger partial charge in [-0.05, 0) is 55.0 Å². The minimum absolute atomic E-state index is 0.101. The molecule has 1 aliphatic carbocycles. The van der Waals surface area contributed by atoms with E-state index in [1.165, 1.54) is 27.9 Å². The molecule has 0 radical (unpaired) electrons. The summed E-state index contributed by atoms with van der Waals surface area (Å²) in [6.07, 6.45) is 8.74. The molecule has 4 nitrogen and oxygen atoms in total. The summed E-state index contributed by atoms with van der Waals surface area (Å²) in [5, 5.41) is 3.91. The number of aliphatic imine (C=N–C) groups is 2. The van der Waals surface area contributed by atoms with Crippen LogP contribution in [0.25, 0.3) is 0 Å². The molecule has 4 unspecified atom stereocenters. The van der Waals surface area contributed by atoms with Gasteiger partial charge in [0.05, 0.1) is 12.1 Å². The van der Waals surface area contributed by atoms with E-state index in [2.05, 4.69) is 138 Å². The molecule has 1 N–H and O–H groups in total. The molecule has 0 fully saturated rings. The van der Waals surface area contributed by atoms with E-state index in [4.69, 9.17) is 0 Å². The van der Waals surface area contributed by atoms with E-state index in [1.807, 2.05) is 6.92 Å². The summed E-state index contributed by atoms with van der Waals surface area (Å²) < 4.78 is 0. The topological polar surface area (TPSA) is 40.0 Å². The van der Waals surface area contributed by atoms with Crippen LogP contribution in [0.3, 0.4) is 0 Å². The molecule has 0 amide bonds. The Morgan fingerprint density at radius 3 is 2.36 bits per heavy atom. The van der Waals surface area contributed by atoms with Gasteiger partial charge in [0, 0.05) is 28.4 Å². The van der Waals surface area contributed by atoms with Crippen molar-refractivity contribution < 1.29 is 0 Å². The molecular formula is C32H30N4. The molecule has 4 heteroatoms. The number of rotatable bonds is 3. The van der Waals surface area contributed by atoms with Crippen LogP contribution in [0.5, 0.6) is 0 Å². The number of nitrogens with one attached hydrogen (secondary N) is 1. The van der Waals surface area contributed by atoms with E-state index in [9.17, 15) is 0 Å². The number of anilines is 2. The number of guanidine groups is 1. The average molecular weight is 471 g/mol. The van der Waals surface area contributed by atoms with E-state index in [1.54, 1.807) is 0 Å². The lowest BCUT2D eigenvalue weighted by Gasteiger charge is -2.34. The van der Waals surface area contributed by atoms with Crippen LogP contribution >= 0.6 is 0 Å². The molecule has 3 aliphatic rings. The number of allylic oxidation sites excluding steroid dienone is 3. The summed E-state index contributed by atoms with van der Waals surface area (Å²) in [6, 6.07) is 26.5. The standard InChI is InChI=1S/C32H30N4/c1-21(2)34-31(33-4)36-28-18-12-11-17-24(28)25-19-27-26(20-29(25)36)32(3,23-15-9-6-10-16-23)30(35-27)22-13-7-5-8-14-22/h5-20,24,28,30,35H,1,4H2,2-3H3. The Bertz CT molecular complexity index is 1430. The second kappa shape index (κ2) is 8.49. The van der Waals surface area contributed by atoms with Gasteiger partial charge >= 0.3 is 0 Å². The highest BCUT2D eigenvalue weighted by Crippen LogP contribution is 2.56. The zero-order valence-corrected chi connectivity index (χ0v) is 20.7. The number of hydrogen-bond donors (Lipinski definition) is 1. The fourth-order valence-electron chi connectivity index (χ4n) is 6.12. The molecule has 0 bridgehead atoms. The Labute approximate surface area is 213 Å². The third-order valence-corrected chi connectivity index (χ3v) is 7.78. The van der Waals surface area contributed by atoms with Gasteiger partial charge in [-0.2, -0.15) is 0 Å². The SMILES string of the molecule is C=NC(=NC(=C)C)N1c2cc3c(cc2C2C=CC=CC21)NC(c1ccccc1)C3(C)c1ccccc1. The van der Waals surface area contributed by atoms with Crippen LogP contribution in [0.2, 0.25) is 0 Å². The van der Waals surface area contributed by atoms with Crippen LogP contribution in [-0.4, -0.2) is 18.7 Å². The van der Waals surface area contributed by atoms with Crippen LogP contribution in [0, 0.1) is 0 Å². The number of hydrogen-bond acceptors (Lipinski definition) is 2. The molecule has 0 saturated carbocycles. The van der Waals surface area contributed by atoms with Gasteiger partial charge in [-0.3, -0.25) is 0 Å². The largest absolute Gasteiger partial charge is 0.377 e. The predicted octanol–water partition coefficient (Wildman–Crippen LogP) is 7.15. The van der Waals surface area contributed by atoms with Gasteiger partial charge in [-0.25, -0.2) is 9.98 Å². The maximum atomic E-state index is 4.66. The minimum atomic E-state index is -0.272. The molecule has 178 valence electrons. The van der Waals surface area contributed by atoms with E-state index in [-0.39, 0.29) is 23.4 Å². The first kappa shape index (κ1) is 22.3. The Hall–Kier alpha value is -4.18. The quantitative estimate of drug-likeness (QED) is 0.326. The average Bonchev–Trinajstić information content (AvgIpc) is 3.39. The highest BCUT2D eigenvalue weighted by Gasteiger charge is 2.48. The zero-order chi connectivity index (χ0) is 24.9. The predicted molar refractivity (Wildman–Crippen MR) is 151 cm³/mol. The third kappa shape index (κ3) is 3.29. The molecule has 4 atom stereocenters. The minimum Gasteiger partial charge on any atom is -0.377 e. The van der Waals surface area contributed by atoms with E-state index < -0.39 is 0 Å². The van der Waals surface area contributed by atoms with Crippen molar-refractivity contribution in [3.63, 3.8) is 0 Å². The maximum Gasteiger partial charge on any atom is 0.230 e. The molecule has 2 aliphatic heterocycles. The Morgan fingerprint density at radius 1 is 0.972 bits per heavy atom. The van der Waals surface area contributed by atoms with Gasteiger partial charge in [0.15, 0.2) is 0 Å². The normalized spacial score (nSPS) is 25.7. The fourth-order valence-corrected chi connectivity index (χ4v) is 6.12. The van der Waals surface area contributed by atoms with Crippen molar-refractivity contribution in [2.24, 2.45) is 9.98 Å². The van der Waals surface area contributed by atoms with Gasteiger partial charge in [-0.1, -0.05) is 91.5 Å². The van der Waals surface area contributed by atoms with Gasteiger partial charge in [0.25, 0.3) is 0 Å². The lowest BCUT2D eigenvalue weighted by Crippen LogP contribution is -2.37. The van der Waals surface area contributed by atoms with Gasteiger partial charge in [0.2, 0.25) is 5.96 Å². The van der Waals surface area contributed by atoms with E-state index in [0.29, 0.717) is 11.7 Å². The van der Waals surface area contributed by atoms with Crippen LogP contribution in [0.4, 0.5) is 11.4 Å². The fraction of sp³-hybridized carbons (Fsp3) is 0.188. The second-order valence-electron chi connectivity index (χ2n) is 9.97.